The summed E-state index contributed by atoms with van der Waals surface area (Å²) < 4.78 is 11.4. The van der Waals surface area contributed by atoms with E-state index < -0.39 is 22.0 Å². The number of aliphatic carboxylic acids is 1. The van der Waals surface area contributed by atoms with Gasteiger partial charge in [-0.1, -0.05) is 13.3 Å². The maximum atomic E-state index is 11.4. The van der Waals surface area contributed by atoms with Crippen molar-refractivity contribution in [1.29, 1.82) is 0 Å². The van der Waals surface area contributed by atoms with Crippen molar-refractivity contribution in [3.05, 3.63) is 0 Å². The van der Waals surface area contributed by atoms with Crippen LogP contribution in [0.5, 0.6) is 0 Å². The highest BCUT2D eigenvalue weighted by molar-refractivity contribution is 7.87. The third kappa shape index (κ3) is 5.85. The summed E-state index contributed by atoms with van der Waals surface area (Å²) in [6, 6.07) is 0.0367. The lowest BCUT2D eigenvalue weighted by atomic mass is 10.2. The number of amides is 1. The standard InChI is InChI=1S/C10H19NO4S/c1-4-5-7(2)11-9(12)6-16(15)8(3)10(13)14/h7-8H,4-6H2,1-3H3,(H,11,12)(H,13,14). The van der Waals surface area contributed by atoms with E-state index in [1.165, 1.54) is 6.92 Å². The third-order valence-corrected chi connectivity index (χ3v) is 3.68. The Hall–Kier alpha value is -0.910. The van der Waals surface area contributed by atoms with Gasteiger partial charge in [0, 0.05) is 16.8 Å². The maximum absolute atomic E-state index is 11.4. The van der Waals surface area contributed by atoms with Gasteiger partial charge in [-0.25, -0.2) is 0 Å². The van der Waals surface area contributed by atoms with Crippen LogP contribution in [0.25, 0.3) is 0 Å². The minimum atomic E-state index is -1.66. The molecule has 0 rings (SSSR count). The number of nitrogens with one attached hydrogen (secondary N) is 1. The number of carboxylic acids is 1. The third-order valence-electron chi connectivity index (χ3n) is 2.14. The molecule has 0 saturated carbocycles. The van der Waals surface area contributed by atoms with Crippen molar-refractivity contribution in [3.63, 3.8) is 0 Å². The van der Waals surface area contributed by atoms with Crippen LogP contribution in [0, 0.1) is 0 Å². The Morgan fingerprint density at radius 1 is 1.38 bits per heavy atom. The smallest absolute Gasteiger partial charge is 0.318 e. The zero-order valence-electron chi connectivity index (χ0n) is 9.86. The van der Waals surface area contributed by atoms with Crippen LogP contribution in [0.1, 0.15) is 33.6 Å². The Kier molecular flexibility index (Phi) is 6.96. The lowest BCUT2D eigenvalue weighted by Gasteiger charge is -2.13. The number of carbonyl (C=O) groups is 2. The largest absolute Gasteiger partial charge is 0.480 e. The van der Waals surface area contributed by atoms with Gasteiger partial charge in [-0.05, 0) is 20.3 Å². The summed E-state index contributed by atoms with van der Waals surface area (Å²) >= 11 is 0. The van der Waals surface area contributed by atoms with E-state index in [-0.39, 0.29) is 17.7 Å². The number of hydrogen-bond acceptors (Lipinski definition) is 3. The van der Waals surface area contributed by atoms with Gasteiger partial charge in [-0.3, -0.25) is 13.8 Å². The van der Waals surface area contributed by atoms with Crippen molar-refractivity contribution in [2.45, 2.75) is 44.9 Å². The molecule has 0 aromatic heterocycles. The van der Waals surface area contributed by atoms with E-state index in [4.69, 9.17) is 5.11 Å². The molecule has 1 amide bonds. The van der Waals surface area contributed by atoms with Crippen molar-refractivity contribution >= 4 is 22.7 Å². The van der Waals surface area contributed by atoms with Gasteiger partial charge in [0.1, 0.15) is 11.0 Å². The number of carboxylic acid groups (broad SMARTS) is 1. The van der Waals surface area contributed by atoms with Crippen molar-refractivity contribution in [3.8, 4) is 0 Å². The Morgan fingerprint density at radius 3 is 2.38 bits per heavy atom. The minimum Gasteiger partial charge on any atom is -0.480 e. The summed E-state index contributed by atoms with van der Waals surface area (Å²) in [5, 5.41) is 10.3. The summed E-state index contributed by atoms with van der Waals surface area (Å²) in [6.07, 6.45) is 1.81. The number of carbonyl (C=O) groups excluding carboxylic acids is 1. The van der Waals surface area contributed by atoms with E-state index in [0.29, 0.717) is 0 Å². The zero-order valence-corrected chi connectivity index (χ0v) is 10.7. The molecule has 0 fully saturated rings. The SMILES string of the molecule is CCCC(C)NC(=O)CS(=O)C(C)C(=O)O. The van der Waals surface area contributed by atoms with Crippen LogP contribution in [-0.4, -0.2) is 38.2 Å². The first-order valence-corrected chi connectivity index (χ1v) is 6.66. The molecule has 0 bridgehead atoms. The van der Waals surface area contributed by atoms with Crippen LogP contribution in [0.3, 0.4) is 0 Å². The second kappa shape index (κ2) is 7.38. The fourth-order valence-electron chi connectivity index (χ4n) is 1.19. The first kappa shape index (κ1) is 15.1. The van der Waals surface area contributed by atoms with Crippen LogP contribution in [0.15, 0.2) is 0 Å². The van der Waals surface area contributed by atoms with Gasteiger partial charge in [0.25, 0.3) is 0 Å². The Labute approximate surface area is 98.1 Å². The van der Waals surface area contributed by atoms with Gasteiger partial charge in [-0.15, -0.1) is 0 Å². The predicted octanol–water partition coefficient (Wildman–Crippen LogP) is 0.513. The topological polar surface area (TPSA) is 83.5 Å². The highest BCUT2D eigenvalue weighted by Gasteiger charge is 2.21. The van der Waals surface area contributed by atoms with E-state index in [0.717, 1.165) is 12.8 Å². The van der Waals surface area contributed by atoms with E-state index in [9.17, 15) is 13.8 Å². The molecule has 0 aliphatic carbocycles. The summed E-state index contributed by atoms with van der Waals surface area (Å²) in [6.45, 7) is 5.21. The molecule has 6 heteroatoms. The molecule has 0 aliphatic heterocycles. The van der Waals surface area contributed by atoms with Crippen LogP contribution >= 0.6 is 0 Å². The predicted molar refractivity (Wildman–Crippen MR) is 62.6 cm³/mol. The van der Waals surface area contributed by atoms with Crippen LogP contribution in [0.4, 0.5) is 0 Å². The van der Waals surface area contributed by atoms with Gasteiger partial charge in [-0.2, -0.15) is 0 Å². The minimum absolute atomic E-state index is 0.0367. The fourth-order valence-corrected chi connectivity index (χ4v) is 2.00. The van der Waals surface area contributed by atoms with Gasteiger partial charge >= 0.3 is 5.97 Å². The summed E-state index contributed by atoms with van der Waals surface area (Å²) in [4.78, 5) is 21.9. The molecule has 0 saturated heterocycles. The molecule has 0 spiro atoms. The van der Waals surface area contributed by atoms with E-state index in [1.54, 1.807) is 0 Å². The zero-order chi connectivity index (χ0) is 12.7. The van der Waals surface area contributed by atoms with Crippen molar-refractivity contribution in [1.82, 2.24) is 5.32 Å². The molecule has 3 unspecified atom stereocenters. The van der Waals surface area contributed by atoms with E-state index in [2.05, 4.69) is 5.32 Å². The molecule has 0 heterocycles. The lowest BCUT2D eigenvalue weighted by molar-refractivity contribution is -0.136. The van der Waals surface area contributed by atoms with Gasteiger partial charge in [0.2, 0.25) is 5.91 Å². The fraction of sp³-hybridized carbons (Fsp3) is 0.800. The number of hydrogen-bond donors (Lipinski definition) is 2. The highest BCUT2D eigenvalue weighted by atomic mass is 32.2. The quantitative estimate of drug-likeness (QED) is 0.688. The van der Waals surface area contributed by atoms with Crippen molar-refractivity contribution in [2.24, 2.45) is 0 Å². The second-order valence-corrected chi connectivity index (χ2v) is 5.52. The Morgan fingerprint density at radius 2 is 1.94 bits per heavy atom. The average molecular weight is 249 g/mol. The van der Waals surface area contributed by atoms with E-state index in [1.807, 2.05) is 13.8 Å². The molecule has 0 aromatic carbocycles. The first-order chi connectivity index (χ1) is 7.38. The van der Waals surface area contributed by atoms with Crippen molar-refractivity contribution in [2.75, 3.05) is 5.75 Å². The maximum Gasteiger partial charge on any atom is 0.318 e. The summed E-state index contributed by atoms with van der Waals surface area (Å²) in [5.74, 6) is -1.75. The average Bonchev–Trinajstić information content (AvgIpc) is 2.16. The molecular formula is C10H19NO4S. The molecule has 0 aromatic rings. The molecular weight excluding hydrogens is 230 g/mol. The normalized spacial score (nSPS) is 16.2. The van der Waals surface area contributed by atoms with Gasteiger partial charge in [0.15, 0.2) is 0 Å². The molecule has 2 N–H and O–H groups in total. The monoisotopic (exact) mass is 249 g/mol. The molecule has 94 valence electrons. The highest BCUT2D eigenvalue weighted by Crippen LogP contribution is 1.98. The second-order valence-electron chi connectivity index (χ2n) is 3.76. The molecule has 0 aliphatic rings. The van der Waals surface area contributed by atoms with Gasteiger partial charge < -0.3 is 10.4 Å². The summed E-state index contributed by atoms with van der Waals surface area (Å²) in [7, 11) is -1.66. The van der Waals surface area contributed by atoms with Crippen molar-refractivity contribution < 1.29 is 18.9 Å². The van der Waals surface area contributed by atoms with Crippen LogP contribution < -0.4 is 5.32 Å². The molecule has 16 heavy (non-hydrogen) atoms. The molecule has 3 atom stereocenters. The first-order valence-electron chi connectivity index (χ1n) is 5.27. The van der Waals surface area contributed by atoms with Crippen LogP contribution in [-0.2, 0) is 20.4 Å². The lowest BCUT2D eigenvalue weighted by Crippen LogP contribution is -2.38. The summed E-state index contributed by atoms with van der Waals surface area (Å²) in [5.41, 5.74) is 0. The van der Waals surface area contributed by atoms with E-state index >= 15 is 0 Å². The molecule has 5 nitrogen and oxygen atoms in total. The molecule has 0 radical (unpaired) electrons. The Balaban J connectivity index is 4.05. The van der Waals surface area contributed by atoms with Crippen LogP contribution in [0.2, 0.25) is 0 Å². The van der Waals surface area contributed by atoms with Gasteiger partial charge in [0.05, 0.1) is 0 Å². The number of rotatable bonds is 7. The Bertz CT molecular complexity index is 280.